The lowest BCUT2D eigenvalue weighted by Crippen LogP contribution is -2.25. The Hall–Kier alpha value is -0.0800. The van der Waals surface area contributed by atoms with Gasteiger partial charge in [0.1, 0.15) is 0 Å². The predicted molar refractivity (Wildman–Crippen MR) is 62.5 cm³/mol. The van der Waals surface area contributed by atoms with Crippen molar-refractivity contribution in [3.05, 3.63) is 0 Å². The van der Waals surface area contributed by atoms with Crippen LogP contribution in [0.4, 0.5) is 0 Å². The lowest BCUT2D eigenvalue weighted by atomic mass is 9.99. The standard InChI is InChI=1S/C12H27NO/c1-4-6-7-12(5-2)10-13-9-8-11(3)14/h11-14H,4-10H2,1-3H3. The van der Waals surface area contributed by atoms with Crippen molar-refractivity contribution in [3.8, 4) is 0 Å². The van der Waals surface area contributed by atoms with Crippen LogP contribution >= 0.6 is 0 Å². The van der Waals surface area contributed by atoms with E-state index in [1.54, 1.807) is 0 Å². The molecule has 2 nitrogen and oxygen atoms in total. The second-order valence-corrected chi connectivity index (χ2v) is 4.26. The van der Waals surface area contributed by atoms with E-state index in [-0.39, 0.29) is 6.10 Å². The number of aliphatic hydroxyl groups is 1. The summed E-state index contributed by atoms with van der Waals surface area (Å²) in [6.45, 7) is 8.41. The van der Waals surface area contributed by atoms with Crippen LogP contribution in [0.25, 0.3) is 0 Å². The minimum atomic E-state index is -0.168. The Morgan fingerprint density at radius 2 is 1.93 bits per heavy atom. The first-order valence-corrected chi connectivity index (χ1v) is 6.09. The van der Waals surface area contributed by atoms with Crippen LogP contribution in [0.3, 0.4) is 0 Å². The Bertz CT molecular complexity index is 115. The molecule has 0 bridgehead atoms. The first kappa shape index (κ1) is 13.9. The molecule has 0 amide bonds. The Labute approximate surface area is 89.1 Å². The summed E-state index contributed by atoms with van der Waals surface area (Å²) in [6.07, 6.45) is 5.94. The quantitative estimate of drug-likeness (QED) is 0.562. The summed E-state index contributed by atoms with van der Waals surface area (Å²) in [5, 5.41) is 12.5. The molecule has 0 saturated carbocycles. The first-order chi connectivity index (χ1) is 6.70. The average Bonchev–Trinajstić information content (AvgIpc) is 2.16. The summed E-state index contributed by atoms with van der Waals surface area (Å²) in [5.74, 6) is 0.823. The zero-order chi connectivity index (χ0) is 10.8. The monoisotopic (exact) mass is 201 g/mol. The highest BCUT2D eigenvalue weighted by Gasteiger charge is 2.04. The number of nitrogens with one attached hydrogen (secondary N) is 1. The highest BCUT2D eigenvalue weighted by molar-refractivity contribution is 4.61. The molecule has 0 aromatic rings. The third-order valence-corrected chi connectivity index (χ3v) is 2.72. The van der Waals surface area contributed by atoms with Crippen molar-refractivity contribution in [1.82, 2.24) is 5.32 Å². The van der Waals surface area contributed by atoms with Gasteiger partial charge in [-0.1, -0.05) is 33.1 Å². The smallest absolute Gasteiger partial charge is 0.0524 e. The maximum atomic E-state index is 9.08. The summed E-state index contributed by atoms with van der Waals surface area (Å²) < 4.78 is 0. The van der Waals surface area contributed by atoms with Gasteiger partial charge in [0, 0.05) is 0 Å². The lowest BCUT2D eigenvalue weighted by Gasteiger charge is -2.15. The highest BCUT2D eigenvalue weighted by atomic mass is 16.3. The van der Waals surface area contributed by atoms with Crippen molar-refractivity contribution >= 4 is 0 Å². The van der Waals surface area contributed by atoms with Gasteiger partial charge in [-0.15, -0.1) is 0 Å². The summed E-state index contributed by atoms with van der Waals surface area (Å²) in [7, 11) is 0. The van der Waals surface area contributed by atoms with Crippen molar-refractivity contribution in [2.45, 2.75) is 59.0 Å². The van der Waals surface area contributed by atoms with E-state index >= 15 is 0 Å². The van der Waals surface area contributed by atoms with Crippen molar-refractivity contribution in [1.29, 1.82) is 0 Å². The van der Waals surface area contributed by atoms with Crippen LogP contribution in [0.5, 0.6) is 0 Å². The molecule has 0 saturated heterocycles. The van der Waals surface area contributed by atoms with Gasteiger partial charge in [-0.05, 0) is 38.8 Å². The number of aliphatic hydroxyl groups excluding tert-OH is 1. The molecule has 0 aromatic heterocycles. The molecule has 0 radical (unpaired) electrons. The van der Waals surface area contributed by atoms with Crippen LogP contribution in [0.2, 0.25) is 0 Å². The Kier molecular flexibility index (Phi) is 9.42. The fraction of sp³-hybridized carbons (Fsp3) is 1.00. The van der Waals surface area contributed by atoms with E-state index in [9.17, 15) is 0 Å². The maximum absolute atomic E-state index is 9.08. The molecule has 0 rings (SSSR count). The zero-order valence-corrected chi connectivity index (χ0v) is 10.1. The van der Waals surface area contributed by atoms with Gasteiger partial charge in [0.25, 0.3) is 0 Å². The lowest BCUT2D eigenvalue weighted by molar-refractivity contribution is 0.183. The number of hydrogen-bond acceptors (Lipinski definition) is 2. The molecule has 0 aliphatic rings. The second kappa shape index (κ2) is 9.47. The molecule has 2 N–H and O–H groups in total. The maximum Gasteiger partial charge on any atom is 0.0524 e. The summed E-state index contributed by atoms with van der Waals surface area (Å²) >= 11 is 0. The van der Waals surface area contributed by atoms with Crippen LogP contribution in [0, 0.1) is 5.92 Å². The molecule has 0 fully saturated rings. The molecule has 2 atom stereocenters. The summed E-state index contributed by atoms with van der Waals surface area (Å²) in [4.78, 5) is 0. The average molecular weight is 201 g/mol. The highest BCUT2D eigenvalue weighted by Crippen LogP contribution is 2.10. The van der Waals surface area contributed by atoms with Gasteiger partial charge in [-0.25, -0.2) is 0 Å². The SMILES string of the molecule is CCCCC(CC)CNCCC(C)O. The van der Waals surface area contributed by atoms with Gasteiger partial charge in [-0.3, -0.25) is 0 Å². The second-order valence-electron chi connectivity index (χ2n) is 4.26. The number of unbranched alkanes of at least 4 members (excludes halogenated alkanes) is 1. The van der Waals surface area contributed by atoms with E-state index in [1.165, 1.54) is 25.7 Å². The van der Waals surface area contributed by atoms with E-state index in [4.69, 9.17) is 5.11 Å². The van der Waals surface area contributed by atoms with Gasteiger partial charge >= 0.3 is 0 Å². The molecule has 0 aliphatic carbocycles. The topological polar surface area (TPSA) is 32.3 Å². The number of rotatable bonds is 9. The van der Waals surface area contributed by atoms with Crippen LogP contribution in [0.15, 0.2) is 0 Å². The molecule has 0 spiro atoms. The molecule has 2 unspecified atom stereocenters. The molecular weight excluding hydrogens is 174 g/mol. The third kappa shape index (κ3) is 8.52. The van der Waals surface area contributed by atoms with Crippen LogP contribution < -0.4 is 5.32 Å². The number of hydrogen-bond donors (Lipinski definition) is 2. The molecule has 0 heterocycles. The minimum Gasteiger partial charge on any atom is -0.393 e. The van der Waals surface area contributed by atoms with E-state index in [0.717, 1.165) is 25.4 Å². The fourth-order valence-electron chi connectivity index (χ4n) is 1.56. The van der Waals surface area contributed by atoms with Crippen LogP contribution in [-0.2, 0) is 0 Å². The summed E-state index contributed by atoms with van der Waals surface area (Å²) in [5.41, 5.74) is 0. The molecule has 0 aromatic carbocycles. The van der Waals surface area contributed by atoms with E-state index < -0.39 is 0 Å². The van der Waals surface area contributed by atoms with Gasteiger partial charge in [0.2, 0.25) is 0 Å². The van der Waals surface area contributed by atoms with E-state index in [1.807, 2.05) is 6.92 Å². The van der Waals surface area contributed by atoms with Gasteiger partial charge in [0.15, 0.2) is 0 Å². The Balaban J connectivity index is 3.33. The Morgan fingerprint density at radius 3 is 2.43 bits per heavy atom. The molecule has 86 valence electrons. The van der Waals surface area contributed by atoms with Crippen molar-refractivity contribution in [3.63, 3.8) is 0 Å². The van der Waals surface area contributed by atoms with Gasteiger partial charge in [0.05, 0.1) is 6.10 Å². The zero-order valence-electron chi connectivity index (χ0n) is 10.1. The van der Waals surface area contributed by atoms with Gasteiger partial charge < -0.3 is 10.4 Å². The Morgan fingerprint density at radius 1 is 1.21 bits per heavy atom. The summed E-state index contributed by atoms with van der Waals surface area (Å²) in [6, 6.07) is 0. The molecule has 0 aliphatic heterocycles. The first-order valence-electron chi connectivity index (χ1n) is 6.09. The van der Waals surface area contributed by atoms with Crippen molar-refractivity contribution < 1.29 is 5.11 Å². The molecule has 2 heteroatoms. The van der Waals surface area contributed by atoms with Crippen LogP contribution in [-0.4, -0.2) is 24.3 Å². The predicted octanol–water partition coefficient (Wildman–Crippen LogP) is 2.56. The van der Waals surface area contributed by atoms with E-state index in [0.29, 0.717) is 0 Å². The fourth-order valence-corrected chi connectivity index (χ4v) is 1.56. The largest absolute Gasteiger partial charge is 0.393 e. The normalized spacial score (nSPS) is 15.4. The molecular formula is C12H27NO. The van der Waals surface area contributed by atoms with Crippen LogP contribution in [0.1, 0.15) is 52.9 Å². The van der Waals surface area contributed by atoms with Crippen molar-refractivity contribution in [2.75, 3.05) is 13.1 Å². The van der Waals surface area contributed by atoms with E-state index in [2.05, 4.69) is 19.2 Å². The van der Waals surface area contributed by atoms with Crippen molar-refractivity contribution in [2.24, 2.45) is 5.92 Å². The van der Waals surface area contributed by atoms with Gasteiger partial charge in [-0.2, -0.15) is 0 Å². The third-order valence-electron chi connectivity index (χ3n) is 2.72. The minimum absolute atomic E-state index is 0.168. The molecule has 14 heavy (non-hydrogen) atoms.